The smallest absolute Gasteiger partial charge is 0.279 e. The van der Waals surface area contributed by atoms with E-state index in [-0.39, 0.29) is 11.3 Å². The molecule has 0 saturated heterocycles. The van der Waals surface area contributed by atoms with E-state index in [4.69, 9.17) is 16.1 Å². The van der Waals surface area contributed by atoms with Crippen LogP contribution >= 0.6 is 27.5 Å². The zero-order valence-corrected chi connectivity index (χ0v) is 19.5. The SMILES string of the molecule is CC(C)(C)C1CCc2onc(C(=O)Nc3nn(Cc4ccccc4Cl)cc3Br)c2C1. The van der Waals surface area contributed by atoms with Gasteiger partial charge in [0.25, 0.3) is 5.91 Å². The van der Waals surface area contributed by atoms with Crippen LogP contribution in [0.15, 0.2) is 39.5 Å². The molecule has 1 N–H and O–H groups in total. The fraction of sp³-hybridized carbons (Fsp3) is 0.409. The third kappa shape index (κ3) is 4.32. The van der Waals surface area contributed by atoms with E-state index < -0.39 is 0 Å². The Morgan fingerprint density at radius 1 is 1.37 bits per heavy atom. The third-order valence-electron chi connectivity index (χ3n) is 5.72. The number of aromatic nitrogens is 3. The topological polar surface area (TPSA) is 73.0 Å². The first-order chi connectivity index (χ1) is 14.2. The second-order valence-electron chi connectivity index (χ2n) is 8.81. The lowest BCUT2D eigenvalue weighted by Crippen LogP contribution is -2.27. The van der Waals surface area contributed by atoms with Crippen LogP contribution in [0.5, 0.6) is 0 Å². The molecule has 1 unspecified atom stereocenters. The number of nitrogens with zero attached hydrogens (tertiary/aromatic N) is 3. The van der Waals surface area contributed by atoms with E-state index in [0.717, 1.165) is 36.1 Å². The molecule has 1 amide bonds. The summed E-state index contributed by atoms with van der Waals surface area (Å²) in [4.78, 5) is 13.0. The summed E-state index contributed by atoms with van der Waals surface area (Å²) < 4.78 is 7.89. The van der Waals surface area contributed by atoms with Gasteiger partial charge >= 0.3 is 0 Å². The van der Waals surface area contributed by atoms with E-state index in [2.05, 4.69) is 52.3 Å². The number of benzene rings is 1. The monoisotopic (exact) mass is 490 g/mol. The van der Waals surface area contributed by atoms with Crippen LogP contribution in [-0.2, 0) is 19.4 Å². The van der Waals surface area contributed by atoms with Crippen molar-refractivity contribution in [3.05, 3.63) is 62.5 Å². The Bertz CT molecular complexity index is 1080. The van der Waals surface area contributed by atoms with Crippen LogP contribution in [0.2, 0.25) is 5.02 Å². The van der Waals surface area contributed by atoms with Gasteiger partial charge in [0.2, 0.25) is 0 Å². The van der Waals surface area contributed by atoms with Gasteiger partial charge in [0.15, 0.2) is 11.5 Å². The number of carbonyl (C=O) groups is 1. The Labute approximate surface area is 189 Å². The lowest BCUT2D eigenvalue weighted by atomic mass is 9.71. The van der Waals surface area contributed by atoms with Gasteiger partial charge in [0, 0.05) is 23.2 Å². The van der Waals surface area contributed by atoms with Crippen molar-refractivity contribution in [3.63, 3.8) is 0 Å². The van der Waals surface area contributed by atoms with Crippen molar-refractivity contribution < 1.29 is 9.32 Å². The van der Waals surface area contributed by atoms with E-state index >= 15 is 0 Å². The molecule has 0 saturated carbocycles. The summed E-state index contributed by atoms with van der Waals surface area (Å²) >= 11 is 9.72. The minimum absolute atomic E-state index is 0.170. The summed E-state index contributed by atoms with van der Waals surface area (Å²) in [5.41, 5.74) is 2.39. The Morgan fingerprint density at radius 2 is 2.13 bits per heavy atom. The zero-order chi connectivity index (χ0) is 21.5. The summed E-state index contributed by atoms with van der Waals surface area (Å²) in [6, 6.07) is 7.61. The molecule has 1 aliphatic rings. The molecule has 30 heavy (non-hydrogen) atoms. The van der Waals surface area contributed by atoms with Gasteiger partial charge in [-0.05, 0) is 51.7 Å². The maximum atomic E-state index is 13.0. The molecule has 2 aromatic heterocycles. The highest BCUT2D eigenvalue weighted by Crippen LogP contribution is 2.38. The average Bonchev–Trinajstić information content (AvgIpc) is 3.26. The van der Waals surface area contributed by atoms with Crippen molar-refractivity contribution in [1.29, 1.82) is 0 Å². The highest BCUT2D eigenvalue weighted by atomic mass is 79.9. The van der Waals surface area contributed by atoms with Crippen molar-refractivity contribution in [2.75, 3.05) is 5.32 Å². The van der Waals surface area contributed by atoms with Gasteiger partial charge in [-0.1, -0.05) is 55.7 Å². The Balaban J connectivity index is 1.51. The number of carbonyl (C=O) groups excluding carboxylic acids is 1. The maximum Gasteiger partial charge on any atom is 0.279 e. The molecular formula is C22H24BrClN4O2. The standard InChI is InChI=1S/C22H24BrClN4O2/c1-22(2,3)14-8-9-18-15(10-14)19(27-30-18)21(29)25-20-16(23)12-28(26-20)11-13-6-4-5-7-17(13)24/h4-7,12,14H,8-11H2,1-3H3,(H,25,26,29). The van der Waals surface area contributed by atoms with E-state index in [1.54, 1.807) is 4.68 Å². The quantitative estimate of drug-likeness (QED) is 0.505. The van der Waals surface area contributed by atoms with Crippen LogP contribution in [-0.4, -0.2) is 20.8 Å². The summed E-state index contributed by atoms with van der Waals surface area (Å²) in [5.74, 6) is 1.44. The first-order valence-electron chi connectivity index (χ1n) is 9.97. The number of hydrogen-bond acceptors (Lipinski definition) is 4. The van der Waals surface area contributed by atoms with Gasteiger partial charge in [0.1, 0.15) is 5.76 Å². The Hall–Kier alpha value is -2.12. The Morgan fingerprint density at radius 3 is 2.87 bits per heavy atom. The highest BCUT2D eigenvalue weighted by molar-refractivity contribution is 9.10. The molecule has 8 heteroatoms. The zero-order valence-electron chi connectivity index (χ0n) is 17.2. The van der Waals surface area contributed by atoms with E-state index in [1.165, 1.54) is 0 Å². The molecule has 0 radical (unpaired) electrons. The molecule has 4 rings (SSSR count). The average molecular weight is 492 g/mol. The summed E-state index contributed by atoms with van der Waals surface area (Å²) in [6.45, 7) is 7.21. The second-order valence-corrected chi connectivity index (χ2v) is 10.1. The van der Waals surface area contributed by atoms with Crippen molar-refractivity contribution in [3.8, 4) is 0 Å². The number of hydrogen-bond donors (Lipinski definition) is 1. The number of anilines is 1. The van der Waals surface area contributed by atoms with Gasteiger partial charge in [-0.15, -0.1) is 0 Å². The fourth-order valence-corrected chi connectivity index (χ4v) is 4.46. The largest absolute Gasteiger partial charge is 0.360 e. The van der Waals surface area contributed by atoms with Crippen LogP contribution in [0.3, 0.4) is 0 Å². The molecule has 0 bridgehead atoms. The molecule has 158 valence electrons. The van der Waals surface area contributed by atoms with Gasteiger partial charge < -0.3 is 9.84 Å². The fourth-order valence-electron chi connectivity index (χ4n) is 3.85. The summed E-state index contributed by atoms with van der Waals surface area (Å²) in [5, 5.41) is 12.1. The molecule has 1 aliphatic carbocycles. The minimum atomic E-state index is -0.307. The van der Waals surface area contributed by atoms with Crippen LogP contribution in [0, 0.1) is 11.3 Å². The third-order valence-corrected chi connectivity index (χ3v) is 6.67. The molecule has 0 aliphatic heterocycles. The number of aryl methyl sites for hydroxylation is 1. The Kier molecular flexibility index (Phi) is 5.77. The van der Waals surface area contributed by atoms with E-state index in [0.29, 0.717) is 33.5 Å². The normalized spacial score (nSPS) is 16.4. The molecule has 6 nitrogen and oxygen atoms in total. The van der Waals surface area contributed by atoms with Gasteiger partial charge in [-0.3, -0.25) is 9.48 Å². The lowest BCUT2D eigenvalue weighted by Gasteiger charge is -2.33. The van der Waals surface area contributed by atoms with Crippen molar-refractivity contribution in [2.45, 2.75) is 46.6 Å². The number of fused-ring (bicyclic) bond motifs is 1. The van der Waals surface area contributed by atoms with Crippen molar-refractivity contribution >= 4 is 39.3 Å². The van der Waals surface area contributed by atoms with Gasteiger partial charge in [0.05, 0.1) is 11.0 Å². The molecule has 3 aromatic rings. The molecule has 0 fully saturated rings. The molecule has 1 aromatic carbocycles. The highest BCUT2D eigenvalue weighted by Gasteiger charge is 2.34. The van der Waals surface area contributed by atoms with Crippen LogP contribution in [0.4, 0.5) is 5.82 Å². The number of amides is 1. The summed E-state index contributed by atoms with van der Waals surface area (Å²) in [7, 11) is 0. The molecular weight excluding hydrogens is 468 g/mol. The number of halogens is 2. The molecule has 2 heterocycles. The summed E-state index contributed by atoms with van der Waals surface area (Å²) in [6.07, 6.45) is 4.47. The maximum absolute atomic E-state index is 13.0. The number of nitrogens with one attached hydrogen (secondary N) is 1. The number of rotatable bonds is 4. The molecule has 0 spiro atoms. The predicted octanol–water partition coefficient (Wildman–Crippen LogP) is 5.74. The predicted molar refractivity (Wildman–Crippen MR) is 120 cm³/mol. The first-order valence-corrected chi connectivity index (χ1v) is 11.1. The van der Waals surface area contributed by atoms with Crippen LogP contribution in [0.25, 0.3) is 0 Å². The van der Waals surface area contributed by atoms with Crippen LogP contribution < -0.4 is 5.32 Å². The minimum Gasteiger partial charge on any atom is -0.360 e. The molecule has 1 atom stereocenters. The van der Waals surface area contributed by atoms with Gasteiger partial charge in [-0.2, -0.15) is 5.10 Å². The van der Waals surface area contributed by atoms with Crippen LogP contribution in [0.1, 0.15) is 54.6 Å². The van der Waals surface area contributed by atoms with Crippen molar-refractivity contribution in [1.82, 2.24) is 14.9 Å². The van der Waals surface area contributed by atoms with E-state index in [1.807, 2.05) is 30.5 Å². The first kappa shape index (κ1) is 21.1. The lowest BCUT2D eigenvalue weighted by molar-refractivity contribution is 0.101. The second kappa shape index (κ2) is 8.19. The van der Waals surface area contributed by atoms with Gasteiger partial charge in [-0.25, -0.2) is 0 Å². The van der Waals surface area contributed by atoms with Crippen molar-refractivity contribution in [2.24, 2.45) is 11.3 Å². The van der Waals surface area contributed by atoms with E-state index in [9.17, 15) is 4.79 Å².